The van der Waals surface area contributed by atoms with Crippen molar-refractivity contribution in [2.24, 2.45) is 5.73 Å². The van der Waals surface area contributed by atoms with Gasteiger partial charge in [0.25, 0.3) is 5.91 Å². The van der Waals surface area contributed by atoms with Crippen LogP contribution < -0.4 is 5.73 Å². The molecule has 5 heteroatoms. The fourth-order valence-corrected chi connectivity index (χ4v) is 0.0659. The molecule has 0 aliphatic carbocycles. The van der Waals surface area contributed by atoms with E-state index in [0.29, 0.717) is 0 Å². The molecule has 1 atom stereocenters. The molecule has 3 nitrogen and oxygen atoms in total. The van der Waals surface area contributed by atoms with E-state index < -0.39 is 18.4 Å². The highest BCUT2D eigenvalue weighted by atomic mass is 19.2. The van der Waals surface area contributed by atoms with Crippen molar-refractivity contribution in [3.05, 3.63) is 0 Å². The molecular formula is C3H5F2NO2. The highest BCUT2D eigenvalue weighted by Crippen LogP contribution is 2.04. The van der Waals surface area contributed by atoms with Gasteiger partial charge in [0, 0.05) is 0 Å². The van der Waals surface area contributed by atoms with Crippen LogP contribution in [0.5, 0.6) is 0 Å². The topological polar surface area (TPSA) is 63.3 Å². The van der Waals surface area contributed by atoms with Crippen LogP contribution in [-0.2, 0) is 4.79 Å². The molecule has 0 saturated carbocycles. The third kappa shape index (κ3) is 1.42. The minimum atomic E-state index is -3.49. The van der Waals surface area contributed by atoms with Gasteiger partial charge in [-0.1, -0.05) is 0 Å². The smallest absolute Gasteiger partial charge is 0.314 e. The summed E-state index contributed by atoms with van der Waals surface area (Å²) in [6.07, 6.45) is 0. The summed E-state index contributed by atoms with van der Waals surface area (Å²) in [5.41, 5.74) is 4.18. The minimum absolute atomic E-state index is 1.71. The predicted octanol–water partition coefficient (Wildman–Crippen LogP) is -0.901. The molecular weight excluding hydrogens is 120 g/mol. The number of nitrogens with two attached hydrogens (primary N) is 1. The third-order valence-corrected chi connectivity index (χ3v) is 0.555. The zero-order valence-corrected chi connectivity index (χ0v) is 3.90. The zero-order chi connectivity index (χ0) is 6.78. The number of aliphatic hydroxyl groups is 1. The number of amides is 1. The Bertz CT molecular complexity index is 103. The fourth-order valence-electron chi connectivity index (χ4n) is 0.0659. The van der Waals surface area contributed by atoms with Gasteiger partial charge in [0.1, 0.15) is 0 Å². The van der Waals surface area contributed by atoms with E-state index in [1.54, 1.807) is 0 Å². The molecule has 0 heterocycles. The Morgan fingerprint density at radius 2 is 2.25 bits per heavy atom. The van der Waals surface area contributed by atoms with Gasteiger partial charge in [-0.15, -0.1) is 0 Å². The van der Waals surface area contributed by atoms with E-state index in [2.05, 4.69) is 5.73 Å². The van der Waals surface area contributed by atoms with Crippen LogP contribution in [0.3, 0.4) is 0 Å². The Kier molecular flexibility index (Phi) is 1.86. The van der Waals surface area contributed by atoms with Crippen LogP contribution in [0.15, 0.2) is 0 Å². The maximum absolute atomic E-state index is 11.6. The maximum atomic E-state index is 11.6. The number of hydrogen-bond acceptors (Lipinski definition) is 2. The quantitative estimate of drug-likeness (QED) is 0.502. The highest BCUT2D eigenvalue weighted by molar-refractivity contribution is 5.81. The average Bonchev–Trinajstić information content (AvgIpc) is 1.67. The van der Waals surface area contributed by atoms with E-state index in [4.69, 9.17) is 5.11 Å². The van der Waals surface area contributed by atoms with Crippen LogP contribution >= 0.6 is 0 Å². The van der Waals surface area contributed by atoms with Gasteiger partial charge in [0.05, 0.1) is 0 Å². The van der Waals surface area contributed by atoms with E-state index >= 15 is 0 Å². The van der Waals surface area contributed by atoms with Crippen LogP contribution in [0.2, 0.25) is 0 Å². The molecule has 0 aliphatic rings. The van der Waals surface area contributed by atoms with Crippen LogP contribution in [0.4, 0.5) is 8.78 Å². The summed E-state index contributed by atoms with van der Waals surface area (Å²) in [6, 6.07) is 0. The summed E-state index contributed by atoms with van der Waals surface area (Å²) < 4.78 is 22.7. The molecule has 48 valence electrons. The Morgan fingerprint density at radius 3 is 2.25 bits per heavy atom. The summed E-state index contributed by atoms with van der Waals surface area (Å²) in [4.78, 5) is 9.61. The van der Waals surface area contributed by atoms with Crippen molar-refractivity contribution < 1.29 is 18.7 Å². The van der Waals surface area contributed by atoms with Crippen LogP contribution in [0.25, 0.3) is 0 Å². The van der Waals surface area contributed by atoms with Gasteiger partial charge in [-0.25, -0.2) is 4.39 Å². The molecule has 0 aliphatic heterocycles. The lowest BCUT2D eigenvalue weighted by atomic mass is 10.3. The second kappa shape index (κ2) is 2.04. The van der Waals surface area contributed by atoms with Crippen molar-refractivity contribution >= 4 is 5.91 Å². The minimum Gasteiger partial charge on any atom is -0.365 e. The van der Waals surface area contributed by atoms with Gasteiger partial charge in [0.15, 0.2) is 6.67 Å². The molecule has 0 rings (SSSR count). The largest absolute Gasteiger partial charge is 0.365 e. The zero-order valence-electron chi connectivity index (χ0n) is 3.90. The van der Waals surface area contributed by atoms with Crippen molar-refractivity contribution in [1.82, 2.24) is 0 Å². The first-order valence-electron chi connectivity index (χ1n) is 1.78. The number of carbonyl (C=O) groups excluding carboxylic acids is 1. The Hall–Kier alpha value is -0.710. The van der Waals surface area contributed by atoms with Crippen molar-refractivity contribution in [2.45, 2.75) is 5.85 Å². The number of alkyl halides is 2. The molecule has 8 heavy (non-hydrogen) atoms. The summed E-state index contributed by atoms with van der Waals surface area (Å²) in [7, 11) is 0. The fraction of sp³-hybridized carbons (Fsp3) is 0.667. The van der Waals surface area contributed by atoms with E-state index in [1.165, 1.54) is 0 Å². The predicted molar refractivity (Wildman–Crippen MR) is 21.2 cm³/mol. The maximum Gasteiger partial charge on any atom is 0.314 e. The first-order chi connectivity index (χ1) is 3.50. The molecule has 0 bridgehead atoms. The molecule has 0 aromatic rings. The standard InChI is InChI=1S/C3H5F2NO2/c4-1-3(5,8)2(6)7/h8H,1H2,(H2,6,7). The van der Waals surface area contributed by atoms with Gasteiger partial charge >= 0.3 is 5.85 Å². The molecule has 3 N–H and O–H groups in total. The summed E-state index contributed by atoms with van der Waals surface area (Å²) in [5, 5.41) is 7.88. The van der Waals surface area contributed by atoms with Gasteiger partial charge in [0.2, 0.25) is 0 Å². The second-order valence-electron chi connectivity index (χ2n) is 1.26. The Labute approximate surface area is 44.1 Å². The monoisotopic (exact) mass is 125 g/mol. The lowest BCUT2D eigenvalue weighted by Gasteiger charge is -2.07. The van der Waals surface area contributed by atoms with Crippen molar-refractivity contribution in [3.8, 4) is 0 Å². The SMILES string of the molecule is NC(=O)C(O)(F)CF. The summed E-state index contributed by atoms with van der Waals surface area (Å²) in [5.74, 6) is -5.19. The summed E-state index contributed by atoms with van der Waals surface area (Å²) >= 11 is 0. The molecule has 0 aromatic carbocycles. The lowest BCUT2D eigenvalue weighted by molar-refractivity contribution is -0.160. The summed E-state index contributed by atoms with van der Waals surface area (Å²) in [6.45, 7) is -1.80. The van der Waals surface area contributed by atoms with Gasteiger partial charge in [-0.2, -0.15) is 4.39 Å². The number of primary amides is 1. The number of hydrogen-bond donors (Lipinski definition) is 2. The van der Waals surface area contributed by atoms with Crippen LogP contribution in [0, 0.1) is 0 Å². The number of halogens is 2. The third-order valence-electron chi connectivity index (χ3n) is 0.555. The molecule has 0 fully saturated rings. The number of carbonyl (C=O) groups is 1. The first kappa shape index (κ1) is 7.29. The first-order valence-corrected chi connectivity index (χ1v) is 1.78. The highest BCUT2D eigenvalue weighted by Gasteiger charge is 2.33. The molecule has 0 aromatic heterocycles. The molecule has 0 spiro atoms. The van der Waals surface area contributed by atoms with Gasteiger partial charge < -0.3 is 10.8 Å². The lowest BCUT2D eigenvalue weighted by Crippen LogP contribution is -2.41. The molecule has 0 saturated heterocycles. The molecule has 1 amide bonds. The average molecular weight is 125 g/mol. The van der Waals surface area contributed by atoms with Crippen molar-refractivity contribution in [3.63, 3.8) is 0 Å². The normalized spacial score (nSPS) is 17.4. The molecule has 0 radical (unpaired) electrons. The Morgan fingerprint density at radius 1 is 1.88 bits per heavy atom. The van der Waals surface area contributed by atoms with Crippen molar-refractivity contribution in [2.75, 3.05) is 6.67 Å². The van der Waals surface area contributed by atoms with Crippen LogP contribution in [-0.4, -0.2) is 23.5 Å². The second-order valence-corrected chi connectivity index (χ2v) is 1.26. The van der Waals surface area contributed by atoms with Gasteiger partial charge in [-0.3, -0.25) is 4.79 Å². The van der Waals surface area contributed by atoms with Gasteiger partial charge in [-0.05, 0) is 0 Å². The van der Waals surface area contributed by atoms with E-state index in [0.717, 1.165) is 0 Å². The van der Waals surface area contributed by atoms with E-state index in [1.807, 2.05) is 0 Å². The Balaban J connectivity index is 3.91. The van der Waals surface area contributed by atoms with Crippen molar-refractivity contribution in [1.29, 1.82) is 0 Å². The van der Waals surface area contributed by atoms with E-state index in [9.17, 15) is 13.6 Å². The van der Waals surface area contributed by atoms with Crippen LogP contribution in [0.1, 0.15) is 0 Å². The van der Waals surface area contributed by atoms with E-state index in [-0.39, 0.29) is 0 Å². The number of rotatable bonds is 2. The molecule has 1 unspecified atom stereocenters.